The van der Waals surface area contributed by atoms with Crippen molar-refractivity contribution >= 4 is 11.4 Å². The number of hydrogen-bond donors (Lipinski definition) is 2. The van der Waals surface area contributed by atoms with Crippen LogP contribution in [-0.2, 0) is 0 Å². The van der Waals surface area contributed by atoms with Crippen LogP contribution in [0.4, 0.5) is 11.4 Å². The fourth-order valence-electron chi connectivity index (χ4n) is 1.07. The summed E-state index contributed by atoms with van der Waals surface area (Å²) in [4.78, 5) is 18.5. The van der Waals surface area contributed by atoms with Crippen LogP contribution in [0.1, 0.15) is 11.1 Å². The Balaban J connectivity index is 3.24. The van der Waals surface area contributed by atoms with Gasteiger partial charge < -0.3 is 11.5 Å². The van der Waals surface area contributed by atoms with E-state index in [1.54, 1.807) is 12.1 Å². The Kier molecular flexibility index (Phi) is 3.69. The highest BCUT2D eigenvalue weighted by Gasteiger charge is 2.06. The molecule has 90 valence electrons. The standard InChI is InChI=1S/C10H6N4O4/c11-9-7(3-5-13(15)16)1-2-8(10(9)12)4-6-14(17)18/h1-2H,11-12H2. The van der Waals surface area contributed by atoms with Crippen LogP contribution in [0.5, 0.6) is 0 Å². The first-order valence-corrected chi connectivity index (χ1v) is 4.42. The Morgan fingerprint density at radius 2 is 1.22 bits per heavy atom. The second-order valence-corrected chi connectivity index (χ2v) is 2.98. The van der Waals surface area contributed by atoms with Crippen molar-refractivity contribution < 1.29 is 9.85 Å². The number of anilines is 2. The van der Waals surface area contributed by atoms with Crippen molar-refractivity contribution in [2.24, 2.45) is 0 Å². The van der Waals surface area contributed by atoms with Gasteiger partial charge in [-0.2, -0.15) is 0 Å². The molecule has 0 atom stereocenters. The van der Waals surface area contributed by atoms with Crippen LogP contribution in [0.15, 0.2) is 12.1 Å². The summed E-state index contributed by atoms with van der Waals surface area (Å²) in [7, 11) is 0. The molecule has 0 unspecified atom stereocenters. The van der Waals surface area contributed by atoms with E-state index in [1.807, 2.05) is 0 Å². The Bertz CT molecular complexity index is 589. The van der Waals surface area contributed by atoms with Crippen LogP contribution in [0.3, 0.4) is 0 Å². The summed E-state index contributed by atoms with van der Waals surface area (Å²) in [6.45, 7) is 0. The molecule has 1 rings (SSSR count). The number of nitrogen functional groups attached to an aromatic ring is 2. The molecule has 0 saturated heterocycles. The highest BCUT2D eigenvalue weighted by molar-refractivity contribution is 5.77. The minimum atomic E-state index is -0.823. The van der Waals surface area contributed by atoms with Gasteiger partial charge in [0.2, 0.25) is 0 Å². The number of hydrogen-bond acceptors (Lipinski definition) is 6. The lowest BCUT2D eigenvalue weighted by Crippen LogP contribution is -2.01. The van der Waals surface area contributed by atoms with Gasteiger partial charge in [-0.3, -0.25) is 0 Å². The van der Waals surface area contributed by atoms with Crippen LogP contribution in [-0.4, -0.2) is 9.85 Å². The summed E-state index contributed by atoms with van der Waals surface area (Å²) in [6.07, 6.45) is 0. The van der Waals surface area contributed by atoms with Gasteiger partial charge in [0.15, 0.2) is 0 Å². The van der Waals surface area contributed by atoms with Gasteiger partial charge in [-0.05, 0) is 12.1 Å². The molecule has 0 heterocycles. The fraction of sp³-hybridized carbons (Fsp3) is 0. The summed E-state index contributed by atoms with van der Waals surface area (Å²) >= 11 is 0. The molecular weight excluding hydrogens is 240 g/mol. The van der Waals surface area contributed by atoms with Crippen LogP contribution in [0.25, 0.3) is 0 Å². The molecule has 0 aromatic heterocycles. The van der Waals surface area contributed by atoms with Gasteiger partial charge in [0, 0.05) is 11.8 Å². The topological polar surface area (TPSA) is 138 Å². The van der Waals surface area contributed by atoms with E-state index in [-0.39, 0.29) is 22.5 Å². The lowest BCUT2D eigenvalue weighted by atomic mass is 10.1. The first kappa shape index (κ1) is 12.8. The van der Waals surface area contributed by atoms with Crippen molar-refractivity contribution in [1.29, 1.82) is 0 Å². The second kappa shape index (κ2) is 5.18. The average Bonchev–Trinajstić information content (AvgIpc) is 2.29. The molecule has 0 aliphatic carbocycles. The van der Waals surface area contributed by atoms with E-state index in [4.69, 9.17) is 11.5 Å². The van der Waals surface area contributed by atoms with Crippen LogP contribution in [0, 0.1) is 44.2 Å². The normalized spacial score (nSPS) is 8.44. The predicted octanol–water partition coefficient (Wildman–Crippen LogP) is 0.0224. The lowest BCUT2D eigenvalue weighted by molar-refractivity contribution is -0.379. The molecule has 8 nitrogen and oxygen atoms in total. The van der Waals surface area contributed by atoms with Crippen LogP contribution < -0.4 is 11.5 Å². The molecule has 4 N–H and O–H groups in total. The SMILES string of the molecule is Nc1c(C#C[N+](=O)[O-])ccc(C#C[N+](=O)[O-])c1N. The third-order valence-electron chi connectivity index (χ3n) is 1.85. The highest BCUT2D eigenvalue weighted by Crippen LogP contribution is 2.23. The summed E-state index contributed by atoms with van der Waals surface area (Å²) in [5, 5.41) is 20.2. The van der Waals surface area contributed by atoms with E-state index >= 15 is 0 Å². The van der Waals surface area contributed by atoms with Crippen LogP contribution >= 0.6 is 0 Å². The molecule has 8 heteroatoms. The summed E-state index contributed by atoms with van der Waals surface area (Å²) < 4.78 is 0. The summed E-state index contributed by atoms with van der Waals surface area (Å²) in [6, 6.07) is 6.09. The predicted molar refractivity (Wildman–Crippen MR) is 63.0 cm³/mol. The first-order valence-electron chi connectivity index (χ1n) is 4.42. The fourth-order valence-corrected chi connectivity index (χ4v) is 1.07. The van der Waals surface area contributed by atoms with Gasteiger partial charge in [-0.25, -0.2) is 20.2 Å². The van der Waals surface area contributed by atoms with Crippen molar-refractivity contribution in [2.45, 2.75) is 0 Å². The lowest BCUT2D eigenvalue weighted by Gasteiger charge is -2.03. The maximum absolute atomic E-state index is 10.1. The maximum atomic E-state index is 10.1. The first-order chi connectivity index (χ1) is 8.41. The van der Waals surface area contributed by atoms with E-state index in [2.05, 4.69) is 11.8 Å². The van der Waals surface area contributed by atoms with Crippen molar-refractivity contribution in [2.75, 3.05) is 11.5 Å². The minimum Gasteiger partial charge on any atom is -0.396 e. The molecule has 1 aromatic rings. The molecule has 0 fully saturated rings. The number of nitro groups is 2. The van der Waals surface area contributed by atoms with Crippen molar-refractivity contribution in [3.8, 4) is 23.9 Å². The molecule has 0 radical (unpaired) electrons. The van der Waals surface area contributed by atoms with Gasteiger partial charge >= 0.3 is 0 Å². The monoisotopic (exact) mass is 246 g/mol. The number of rotatable bonds is 0. The average molecular weight is 246 g/mol. The zero-order valence-corrected chi connectivity index (χ0v) is 8.84. The number of nitrogens with two attached hydrogens (primary N) is 2. The highest BCUT2D eigenvalue weighted by atomic mass is 16.6. The summed E-state index contributed by atoms with van der Waals surface area (Å²) in [5.74, 6) is 4.42. The quantitative estimate of drug-likeness (QED) is 0.217. The molecular formula is C10H6N4O4. The summed E-state index contributed by atoms with van der Waals surface area (Å²) in [5.41, 5.74) is 11.5. The van der Waals surface area contributed by atoms with Crippen molar-refractivity contribution in [3.05, 3.63) is 43.5 Å². The molecule has 0 bridgehead atoms. The third kappa shape index (κ3) is 3.12. The van der Waals surface area contributed by atoms with Gasteiger partial charge in [-0.15, -0.1) is 0 Å². The molecule has 1 aromatic carbocycles. The Morgan fingerprint density at radius 1 is 0.889 bits per heavy atom. The number of benzene rings is 1. The smallest absolute Gasteiger partial charge is 0.295 e. The molecule has 0 spiro atoms. The van der Waals surface area contributed by atoms with Gasteiger partial charge in [0.05, 0.1) is 22.5 Å². The second-order valence-electron chi connectivity index (χ2n) is 2.98. The number of nitrogens with zero attached hydrogens (tertiary/aromatic N) is 2. The largest absolute Gasteiger partial charge is 0.396 e. The van der Waals surface area contributed by atoms with Crippen LogP contribution in [0.2, 0.25) is 0 Å². The van der Waals surface area contributed by atoms with E-state index in [9.17, 15) is 20.2 Å². The third-order valence-corrected chi connectivity index (χ3v) is 1.85. The van der Waals surface area contributed by atoms with Gasteiger partial charge in [0.1, 0.15) is 9.85 Å². The zero-order chi connectivity index (χ0) is 13.7. The van der Waals surface area contributed by atoms with Gasteiger partial charge in [0.25, 0.3) is 12.1 Å². The van der Waals surface area contributed by atoms with Gasteiger partial charge in [-0.1, -0.05) is 0 Å². The molecule has 0 aliphatic rings. The maximum Gasteiger partial charge on any atom is 0.295 e. The Morgan fingerprint density at radius 3 is 1.50 bits per heavy atom. The van der Waals surface area contributed by atoms with E-state index < -0.39 is 9.85 Å². The van der Waals surface area contributed by atoms with Crippen molar-refractivity contribution in [1.82, 2.24) is 0 Å². The molecule has 0 amide bonds. The van der Waals surface area contributed by atoms with Crippen molar-refractivity contribution in [3.63, 3.8) is 0 Å². The van der Waals surface area contributed by atoms with E-state index in [1.165, 1.54) is 12.1 Å². The molecule has 18 heavy (non-hydrogen) atoms. The van der Waals surface area contributed by atoms with E-state index in [0.717, 1.165) is 0 Å². The molecule has 0 saturated carbocycles. The Labute approximate surface area is 101 Å². The molecule has 0 aliphatic heterocycles. The van der Waals surface area contributed by atoms with E-state index in [0.29, 0.717) is 0 Å². The Hall–Kier alpha value is -3.26. The minimum absolute atomic E-state index is 0.000465. The zero-order valence-electron chi connectivity index (χ0n) is 8.84.